The summed E-state index contributed by atoms with van der Waals surface area (Å²) in [5.74, 6) is -2.25. The van der Waals surface area contributed by atoms with Crippen LogP contribution in [0.2, 0.25) is 0 Å². The van der Waals surface area contributed by atoms with E-state index in [1.807, 2.05) is 0 Å². The molecule has 0 aliphatic carbocycles. The third-order valence-corrected chi connectivity index (χ3v) is 1.36. The Bertz CT molecular complexity index is 492. The zero-order chi connectivity index (χ0) is 13.6. The molecule has 10 heteroatoms. The van der Waals surface area contributed by atoms with E-state index < -0.39 is 22.3 Å². The van der Waals surface area contributed by atoms with Gasteiger partial charge in [0.25, 0.3) is 0 Å². The molecule has 0 unspecified atom stereocenters. The Labute approximate surface area is 126 Å². The second-order valence-electron chi connectivity index (χ2n) is 2.64. The van der Waals surface area contributed by atoms with Crippen LogP contribution in [-0.2, 0) is 10.4 Å². The van der Waals surface area contributed by atoms with Crippen LogP contribution in [0.3, 0.4) is 0 Å². The third kappa shape index (κ3) is 10.2. The molecule has 1 aromatic rings. The quantitative estimate of drug-likeness (QED) is 0.346. The fraction of sp³-hybridized carbons (Fsp3) is 0. The zero-order valence-corrected chi connectivity index (χ0v) is 12.0. The van der Waals surface area contributed by atoms with Crippen molar-refractivity contribution >= 4 is 22.3 Å². The second-order valence-corrected chi connectivity index (χ2v) is 3.53. The van der Waals surface area contributed by atoms with Gasteiger partial charge in [0.1, 0.15) is 0 Å². The Kier molecular flexibility index (Phi) is 8.81. The summed E-state index contributed by atoms with van der Waals surface area (Å²) in [6.07, 6.45) is 0. The van der Waals surface area contributed by atoms with Gasteiger partial charge >= 0.3 is 51.9 Å². The van der Waals surface area contributed by atoms with E-state index in [1.54, 1.807) is 0 Å². The summed E-state index contributed by atoms with van der Waals surface area (Å²) >= 11 is 0. The Balaban J connectivity index is -0.000000320. The predicted octanol–water partition coefficient (Wildman–Crippen LogP) is -2.45. The molecule has 0 saturated heterocycles. The summed E-state index contributed by atoms with van der Waals surface area (Å²) in [5.41, 5.74) is -0.0372. The van der Waals surface area contributed by atoms with Crippen molar-refractivity contribution < 1.29 is 68.3 Å². The molecule has 18 heavy (non-hydrogen) atoms. The van der Waals surface area contributed by atoms with Gasteiger partial charge in [-0.25, -0.2) is 9.59 Å². The van der Waals surface area contributed by atoms with E-state index in [-0.39, 0.29) is 42.1 Å². The summed E-state index contributed by atoms with van der Waals surface area (Å²) in [4.78, 5) is 20.8. The molecule has 0 amide bonds. The molecule has 0 bridgehead atoms. The first-order valence-electron chi connectivity index (χ1n) is 3.88. The molecule has 0 aliphatic heterocycles. The van der Waals surface area contributed by atoms with Gasteiger partial charge in [0, 0.05) is 0 Å². The smallest absolute Gasteiger partial charge is 1.00 e. The van der Waals surface area contributed by atoms with E-state index in [4.69, 9.17) is 27.7 Å². The first-order chi connectivity index (χ1) is 7.61. The molecular formula is C8H9NaO8S. The average molecular weight is 288 g/mol. The first-order valence-corrected chi connectivity index (χ1v) is 5.27. The van der Waals surface area contributed by atoms with E-state index in [2.05, 4.69) is 0 Å². The zero-order valence-electron chi connectivity index (χ0n) is 10.1. The van der Waals surface area contributed by atoms with Crippen LogP contribution in [0.4, 0.5) is 0 Å². The summed E-state index contributed by atoms with van der Waals surface area (Å²) in [6.45, 7) is 0. The maximum Gasteiger partial charge on any atom is 1.00 e. The van der Waals surface area contributed by atoms with Crippen LogP contribution in [-0.4, -0.2) is 39.7 Å². The van der Waals surface area contributed by atoms with Crippen molar-refractivity contribution in [2.24, 2.45) is 0 Å². The molecule has 0 radical (unpaired) electrons. The number of hydrogen-bond acceptors (Lipinski definition) is 4. The van der Waals surface area contributed by atoms with Gasteiger partial charge in [-0.15, -0.1) is 0 Å². The molecule has 96 valence electrons. The Morgan fingerprint density at radius 3 is 1.50 bits per heavy atom. The number of rotatable bonds is 2. The van der Waals surface area contributed by atoms with Gasteiger partial charge in [-0.1, -0.05) is 6.07 Å². The molecule has 0 fully saturated rings. The maximum absolute atomic E-state index is 10.4. The van der Waals surface area contributed by atoms with E-state index in [1.165, 1.54) is 18.2 Å². The molecular weight excluding hydrogens is 279 g/mol. The van der Waals surface area contributed by atoms with Crippen molar-refractivity contribution in [2.45, 2.75) is 0 Å². The number of benzene rings is 1. The number of aromatic carboxylic acids is 2. The van der Waals surface area contributed by atoms with E-state index in [9.17, 15) is 9.59 Å². The summed E-state index contributed by atoms with van der Waals surface area (Å²) in [6, 6.07) is 5.20. The molecule has 0 saturated carbocycles. The van der Waals surface area contributed by atoms with Crippen LogP contribution < -0.4 is 29.6 Å². The molecule has 0 spiro atoms. The van der Waals surface area contributed by atoms with Crippen LogP contribution in [0.5, 0.6) is 0 Å². The molecule has 4 N–H and O–H groups in total. The van der Waals surface area contributed by atoms with Gasteiger partial charge in [-0.3, -0.25) is 9.11 Å². The molecule has 1 aromatic carbocycles. The number of carbonyl (C=O) groups is 2. The van der Waals surface area contributed by atoms with Crippen LogP contribution >= 0.6 is 0 Å². The van der Waals surface area contributed by atoms with Gasteiger partial charge < -0.3 is 11.6 Å². The Morgan fingerprint density at radius 2 is 1.28 bits per heavy atom. The summed E-state index contributed by atoms with van der Waals surface area (Å²) in [5, 5.41) is 17.0. The Hall–Kier alpha value is -0.970. The van der Waals surface area contributed by atoms with Gasteiger partial charge in [0.2, 0.25) is 0 Å². The fourth-order valence-corrected chi connectivity index (χ4v) is 0.785. The van der Waals surface area contributed by atoms with Crippen LogP contribution in [0, 0.1) is 0 Å². The van der Waals surface area contributed by atoms with Gasteiger partial charge in [0.15, 0.2) is 0 Å². The Morgan fingerprint density at radius 1 is 1.00 bits per heavy atom. The van der Waals surface area contributed by atoms with Gasteiger partial charge in [0.05, 0.1) is 11.1 Å². The van der Waals surface area contributed by atoms with Crippen molar-refractivity contribution in [1.82, 2.24) is 0 Å². The summed E-state index contributed by atoms with van der Waals surface area (Å²) in [7, 11) is -4.67. The first kappa shape index (κ1) is 19.4. The molecule has 0 aliphatic rings. The fourth-order valence-electron chi connectivity index (χ4n) is 0.785. The predicted molar refractivity (Wildman–Crippen MR) is 55.7 cm³/mol. The van der Waals surface area contributed by atoms with Crippen LogP contribution in [0.15, 0.2) is 24.3 Å². The monoisotopic (exact) mass is 288 g/mol. The van der Waals surface area contributed by atoms with Crippen molar-refractivity contribution in [2.75, 3.05) is 0 Å². The largest absolute Gasteiger partial charge is 1.00 e. The van der Waals surface area contributed by atoms with E-state index in [0.717, 1.165) is 6.07 Å². The van der Waals surface area contributed by atoms with Crippen molar-refractivity contribution in [3.63, 3.8) is 0 Å². The minimum Gasteiger partial charge on any atom is -1.00 e. The average Bonchev–Trinajstić information content (AvgIpc) is 2.15. The van der Waals surface area contributed by atoms with Crippen molar-refractivity contribution in [1.29, 1.82) is 0 Å². The summed E-state index contributed by atoms with van der Waals surface area (Å²) < 4.78 is 31.6. The van der Waals surface area contributed by atoms with E-state index in [0.29, 0.717) is 0 Å². The van der Waals surface area contributed by atoms with E-state index >= 15 is 0 Å². The molecule has 8 nitrogen and oxygen atoms in total. The topological polar surface area (TPSA) is 149 Å². The van der Waals surface area contributed by atoms with Crippen molar-refractivity contribution in [3.8, 4) is 0 Å². The van der Waals surface area contributed by atoms with Gasteiger partial charge in [-0.05, 0) is 18.2 Å². The number of carboxylic acids is 2. The molecule has 0 aromatic heterocycles. The standard InChI is InChI=1S/C8H6O4.Na.H2O4S.H/c9-7(10)5-2-1-3-6(4-5)8(11)12;;1-5(2,3)4;/h1-4H,(H,9,10)(H,11,12);;(H2,1,2,3,4);/q;+1;;-1. The van der Waals surface area contributed by atoms with Crippen LogP contribution in [0.1, 0.15) is 22.1 Å². The maximum atomic E-state index is 10.4. The molecule has 1 rings (SSSR count). The van der Waals surface area contributed by atoms with Gasteiger partial charge in [-0.2, -0.15) is 8.42 Å². The normalized spacial score (nSPS) is 9.44. The minimum atomic E-state index is -4.67. The molecule has 0 heterocycles. The SMILES string of the molecule is O=C(O)c1cccc(C(=O)O)c1.O=S(=O)(O)O.[H-].[Na+]. The number of hydrogen-bond donors (Lipinski definition) is 4. The van der Waals surface area contributed by atoms with Crippen LogP contribution in [0.25, 0.3) is 0 Å². The third-order valence-electron chi connectivity index (χ3n) is 1.36. The molecule has 0 atom stereocenters. The number of carboxylic acid groups (broad SMARTS) is 2. The second kappa shape index (κ2) is 8.19. The van der Waals surface area contributed by atoms with Crippen molar-refractivity contribution in [3.05, 3.63) is 35.4 Å². The minimum absolute atomic E-state index is 0.